The van der Waals surface area contributed by atoms with Crippen LogP contribution in [0.1, 0.15) is 24.2 Å². The normalized spacial score (nSPS) is 12.1. The zero-order valence-corrected chi connectivity index (χ0v) is 15.0. The summed E-state index contributed by atoms with van der Waals surface area (Å²) in [5.41, 5.74) is 1.50. The highest BCUT2D eigenvalue weighted by atomic mass is 35.5. The minimum atomic E-state index is -0.490. The average Bonchev–Trinajstić information content (AvgIpc) is 3.14. The number of imidazole rings is 1. The van der Waals surface area contributed by atoms with Crippen LogP contribution in [0.15, 0.2) is 42.0 Å². The van der Waals surface area contributed by atoms with E-state index in [2.05, 4.69) is 10.3 Å². The number of fused-ring (bicyclic) bond motifs is 1. The highest BCUT2D eigenvalue weighted by molar-refractivity contribution is 7.15. The van der Waals surface area contributed by atoms with Gasteiger partial charge in [0.05, 0.1) is 18.2 Å². The quantitative estimate of drug-likeness (QED) is 0.670. The van der Waals surface area contributed by atoms with E-state index in [9.17, 15) is 9.59 Å². The van der Waals surface area contributed by atoms with Crippen molar-refractivity contribution in [2.24, 2.45) is 0 Å². The Labute approximate surface area is 153 Å². The third-order valence-corrected chi connectivity index (χ3v) is 4.56. The summed E-state index contributed by atoms with van der Waals surface area (Å²) in [7, 11) is 0. The van der Waals surface area contributed by atoms with Gasteiger partial charge in [-0.15, -0.1) is 11.3 Å². The SMILES string of the molecule is C[C@@H](NC(=O)COC(=O)Cc1cn2ccsc2n1)c1cccc(Cl)c1. The molecule has 1 aromatic carbocycles. The third kappa shape index (κ3) is 4.58. The second-order valence-electron chi connectivity index (χ2n) is 5.51. The molecule has 3 rings (SSSR count). The molecule has 1 atom stereocenters. The number of hydrogen-bond donors (Lipinski definition) is 1. The monoisotopic (exact) mass is 377 g/mol. The molecule has 130 valence electrons. The van der Waals surface area contributed by atoms with Crippen molar-refractivity contribution in [2.75, 3.05) is 6.61 Å². The number of ether oxygens (including phenoxy) is 1. The number of nitrogens with zero attached hydrogens (tertiary/aromatic N) is 2. The molecule has 0 fully saturated rings. The number of hydrogen-bond acceptors (Lipinski definition) is 5. The molecular weight excluding hydrogens is 362 g/mol. The van der Waals surface area contributed by atoms with Crippen LogP contribution in [-0.2, 0) is 20.7 Å². The zero-order chi connectivity index (χ0) is 17.8. The molecule has 8 heteroatoms. The Hall–Kier alpha value is -2.38. The smallest absolute Gasteiger partial charge is 0.312 e. The predicted octanol–water partition coefficient (Wildman–Crippen LogP) is 3.01. The van der Waals surface area contributed by atoms with Crippen LogP contribution in [0.2, 0.25) is 5.02 Å². The van der Waals surface area contributed by atoms with Crippen molar-refractivity contribution in [1.82, 2.24) is 14.7 Å². The van der Waals surface area contributed by atoms with Crippen molar-refractivity contribution in [1.29, 1.82) is 0 Å². The van der Waals surface area contributed by atoms with Gasteiger partial charge in [0.2, 0.25) is 0 Å². The maximum absolute atomic E-state index is 11.9. The molecule has 2 aromatic heterocycles. The van der Waals surface area contributed by atoms with Crippen LogP contribution < -0.4 is 5.32 Å². The number of esters is 1. The fraction of sp³-hybridized carbons (Fsp3) is 0.235. The summed E-state index contributed by atoms with van der Waals surface area (Å²) in [6.45, 7) is 1.51. The average molecular weight is 378 g/mol. The lowest BCUT2D eigenvalue weighted by molar-refractivity contribution is -0.148. The lowest BCUT2D eigenvalue weighted by Crippen LogP contribution is -2.31. The molecule has 0 bridgehead atoms. The molecule has 0 spiro atoms. The summed E-state index contributed by atoms with van der Waals surface area (Å²) >= 11 is 7.42. The van der Waals surface area contributed by atoms with Crippen molar-refractivity contribution >= 4 is 39.8 Å². The number of carbonyl (C=O) groups is 2. The minimum absolute atomic E-state index is 0.0333. The number of thiazole rings is 1. The molecule has 1 N–H and O–H groups in total. The van der Waals surface area contributed by atoms with Crippen molar-refractivity contribution in [3.63, 3.8) is 0 Å². The summed E-state index contributed by atoms with van der Waals surface area (Å²) in [5, 5.41) is 5.28. The highest BCUT2D eigenvalue weighted by Crippen LogP contribution is 2.17. The molecule has 1 amide bonds. The molecule has 0 aliphatic carbocycles. The van der Waals surface area contributed by atoms with Gasteiger partial charge < -0.3 is 10.1 Å². The summed E-state index contributed by atoms with van der Waals surface area (Å²) in [5.74, 6) is -0.858. The first kappa shape index (κ1) is 17.4. The van der Waals surface area contributed by atoms with Crippen LogP contribution in [0.4, 0.5) is 0 Å². The van der Waals surface area contributed by atoms with Crippen molar-refractivity contribution < 1.29 is 14.3 Å². The molecule has 0 saturated heterocycles. The number of nitrogens with one attached hydrogen (secondary N) is 1. The molecule has 0 unspecified atom stereocenters. The predicted molar refractivity (Wildman–Crippen MR) is 95.7 cm³/mol. The Morgan fingerprint density at radius 3 is 3.04 bits per heavy atom. The van der Waals surface area contributed by atoms with E-state index in [1.165, 1.54) is 11.3 Å². The van der Waals surface area contributed by atoms with Gasteiger partial charge in [-0.1, -0.05) is 23.7 Å². The van der Waals surface area contributed by atoms with Gasteiger partial charge in [0, 0.05) is 22.8 Å². The van der Waals surface area contributed by atoms with Gasteiger partial charge in [0.15, 0.2) is 11.6 Å². The van der Waals surface area contributed by atoms with Gasteiger partial charge in [-0.25, -0.2) is 4.98 Å². The lowest BCUT2D eigenvalue weighted by Gasteiger charge is -2.14. The summed E-state index contributed by atoms with van der Waals surface area (Å²) in [6.07, 6.45) is 3.67. The topological polar surface area (TPSA) is 72.7 Å². The number of carbonyl (C=O) groups excluding carboxylic acids is 2. The summed E-state index contributed by atoms with van der Waals surface area (Å²) in [6, 6.07) is 7.00. The Morgan fingerprint density at radius 2 is 2.28 bits per heavy atom. The highest BCUT2D eigenvalue weighted by Gasteiger charge is 2.14. The fourth-order valence-electron chi connectivity index (χ4n) is 2.35. The van der Waals surface area contributed by atoms with Crippen LogP contribution in [0, 0.1) is 0 Å². The molecule has 0 aliphatic heterocycles. The van der Waals surface area contributed by atoms with Crippen molar-refractivity contribution in [3.05, 3.63) is 58.3 Å². The number of amides is 1. The lowest BCUT2D eigenvalue weighted by atomic mass is 10.1. The zero-order valence-electron chi connectivity index (χ0n) is 13.4. The second-order valence-corrected chi connectivity index (χ2v) is 6.82. The fourth-order valence-corrected chi connectivity index (χ4v) is 3.27. The van der Waals surface area contributed by atoms with E-state index in [0.717, 1.165) is 10.5 Å². The van der Waals surface area contributed by atoms with Gasteiger partial charge in [-0.05, 0) is 24.6 Å². The van der Waals surface area contributed by atoms with Gasteiger partial charge in [0.1, 0.15) is 0 Å². The van der Waals surface area contributed by atoms with Crippen molar-refractivity contribution in [2.45, 2.75) is 19.4 Å². The molecule has 0 aliphatic rings. The van der Waals surface area contributed by atoms with Crippen LogP contribution >= 0.6 is 22.9 Å². The van der Waals surface area contributed by atoms with E-state index in [1.54, 1.807) is 18.3 Å². The molecule has 25 heavy (non-hydrogen) atoms. The Bertz CT molecular complexity index is 877. The van der Waals surface area contributed by atoms with Gasteiger partial charge in [-0.3, -0.25) is 14.0 Å². The van der Waals surface area contributed by atoms with Crippen molar-refractivity contribution in [3.8, 4) is 0 Å². The van der Waals surface area contributed by atoms with E-state index < -0.39 is 5.97 Å². The van der Waals surface area contributed by atoms with Crippen LogP contribution in [0.5, 0.6) is 0 Å². The number of aromatic nitrogens is 2. The first-order valence-electron chi connectivity index (χ1n) is 7.63. The van der Waals surface area contributed by atoms with Crippen LogP contribution in [0.3, 0.4) is 0 Å². The van der Waals surface area contributed by atoms with Gasteiger partial charge in [0.25, 0.3) is 5.91 Å². The first-order valence-corrected chi connectivity index (χ1v) is 8.88. The Morgan fingerprint density at radius 1 is 1.44 bits per heavy atom. The maximum atomic E-state index is 11.9. The van der Waals surface area contributed by atoms with E-state index in [4.69, 9.17) is 16.3 Å². The van der Waals surface area contributed by atoms with E-state index in [1.807, 2.05) is 35.0 Å². The molecule has 0 saturated carbocycles. The Kier molecular flexibility index (Phi) is 5.35. The van der Waals surface area contributed by atoms with E-state index in [-0.39, 0.29) is 25.0 Å². The molecule has 2 heterocycles. The summed E-state index contributed by atoms with van der Waals surface area (Å²) < 4.78 is 6.86. The van der Waals surface area contributed by atoms with E-state index in [0.29, 0.717) is 10.7 Å². The third-order valence-electron chi connectivity index (χ3n) is 3.56. The molecule has 0 radical (unpaired) electrons. The standard InChI is InChI=1S/C17H16ClN3O3S/c1-11(12-3-2-4-13(18)7-12)19-15(22)10-24-16(23)8-14-9-21-5-6-25-17(21)20-14/h2-7,9,11H,8,10H2,1H3,(H,19,22)/t11-/m1/s1. The minimum Gasteiger partial charge on any atom is -0.455 e. The van der Waals surface area contributed by atoms with Crippen LogP contribution in [0.25, 0.3) is 4.96 Å². The molecule has 6 nitrogen and oxygen atoms in total. The first-order chi connectivity index (χ1) is 12.0. The number of rotatable bonds is 6. The molecular formula is C17H16ClN3O3S. The second kappa shape index (κ2) is 7.67. The molecule has 3 aromatic rings. The Balaban J connectivity index is 1.46. The van der Waals surface area contributed by atoms with Gasteiger partial charge >= 0.3 is 5.97 Å². The largest absolute Gasteiger partial charge is 0.455 e. The van der Waals surface area contributed by atoms with E-state index >= 15 is 0 Å². The van der Waals surface area contributed by atoms with Crippen LogP contribution in [-0.4, -0.2) is 27.9 Å². The number of benzene rings is 1. The summed E-state index contributed by atoms with van der Waals surface area (Å²) in [4.78, 5) is 28.9. The maximum Gasteiger partial charge on any atom is 0.312 e. The number of halogens is 1. The van der Waals surface area contributed by atoms with Gasteiger partial charge in [-0.2, -0.15) is 0 Å².